The molecule has 1 aromatic carbocycles. The fourth-order valence-electron chi connectivity index (χ4n) is 3.46. The smallest absolute Gasteiger partial charge is 0.224 e. The van der Waals surface area contributed by atoms with E-state index in [1.807, 2.05) is 29.2 Å². The van der Waals surface area contributed by atoms with Crippen molar-refractivity contribution >= 4 is 23.4 Å². The second kappa shape index (κ2) is 8.19. The maximum atomic E-state index is 12.6. The van der Waals surface area contributed by atoms with E-state index in [-0.39, 0.29) is 29.8 Å². The Hall–Kier alpha value is -1.59. The zero-order chi connectivity index (χ0) is 17.8. The van der Waals surface area contributed by atoms with Crippen LogP contribution < -0.4 is 11.1 Å². The van der Waals surface area contributed by atoms with E-state index in [0.29, 0.717) is 24.4 Å². The molecule has 3 N–H and O–H groups in total. The summed E-state index contributed by atoms with van der Waals surface area (Å²) in [4.78, 5) is 26.3. The van der Waals surface area contributed by atoms with Crippen LogP contribution in [0.3, 0.4) is 0 Å². The number of halogens is 1. The van der Waals surface area contributed by atoms with Crippen molar-refractivity contribution in [3.05, 3.63) is 34.9 Å². The molecule has 25 heavy (non-hydrogen) atoms. The standard InChI is InChI=1S/C19H26ClN3O2/c20-15-4-1-3-13(9-15)10-16(21)11-18(24)23-8-2-5-17(23)12-22-19(25)14-6-7-14/h1,3-4,9,14,16-17H,2,5-8,10-12,21H2,(H,22,25)/t16-,17?/m1/s1. The number of rotatable bonds is 7. The number of hydrogen-bond acceptors (Lipinski definition) is 3. The van der Waals surface area contributed by atoms with Crippen molar-refractivity contribution in [2.75, 3.05) is 13.1 Å². The highest BCUT2D eigenvalue weighted by Crippen LogP contribution is 2.29. The molecule has 2 atom stereocenters. The number of nitrogens with zero attached hydrogens (tertiary/aromatic N) is 1. The van der Waals surface area contributed by atoms with Crippen molar-refractivity contribution < 1.29 is 9.59 Å². The summed E-state index contributed by atoms with van der Waals surface area (Å²) in [5.74, 6) is 0.423. The van der Waals surface area contributed by atoms with E-state index in [1.165, 1.54) is 0 Å². The lowest BCUT2D eigenvalue weighted by Crippen LogP contribution is -2.45. The molecule has 1 aromatic rings. The van der Waals surface area contributed by atoms with Crippen molar-refractivity contribution in [3.63, 3.8) is 0 Å². The highest BCUT2D eigenvalue weighted by molar-refractivity contribution is 6.30. The Balaban J connectivity index is 1.47. The largest absolute Gasteiger partial charge is 0.354 e. The van der Waals surface area contributed by atoms with E-state index in [9.17, 15) is 9.59 Å². The fourth-order valence-corrected chi connectivity index (χ4v) is 3.68. The average Bonchev–Trinajstić information content (AvgIpc) is 3.30. The molecule has 1 aliphatic carbocycles. The molecule has 136 valence electrons. The predicted molar refractivity (Wildman–Crippen MR) is 98.2 cm³/mol. The highest BCUT2D eigenvalue weighted by atomic mass is 35.5. The van der Waals surface area contributed by atoms with Crippen molar-refractivity contribution in [3.8, 4) is 0 Å². The molecule has 1 unspecified atom stereocenters. The second-order valence-corrected chi connectivity index (χ2v) is 7.64. The van der Waals surface area contributed by atoms with Crippen molar-refractivity contribution in [2.24, 2.45) is 11.7 Å². The van der Waals surface area contributed by atoms with Crippen LogP contribution in [0.2, 0.25) is 5.02 Å². The Bertz CT molecular complexity index is 633. The average molecular weight is 364 g/mol. The van der Waals surface area contributed by atoms with Gasteiger partial charge >= 0.3 is 0 Å². The van der Waals surface area contributed by atoms with Crippen LogP contribution in [0.1, 0.15) is 37.7 Å². The number of likely N-dealkylation sites (tertiary alicyclic amines) is 1. The van der Waals surface area contributed by atoms with Crippen LogP contribution in [0.15, 0.2) is 24.3 Å². The van der Waals surface area contributed by atoms with Crippen LogP contribution in [0.5, 0.6) is 0 Å². The molecule has 1 saturated carbocycles. The molecule has 1 saturated heterocycles. The molecule has 0 aromatic heterocycles. The van der Waals surface area contributed by atoms with Crippen molar-refractivity contribution in [2.45, 2.75) is 50.6 Å². The van der Waals surface area contributed by atoms with Crippen LogP contribution in [0.25, 0.3) is 0 Å². The van der Waals surface area contributed by atoms with Crippen LogP contribution >= 0.6 is 11.6 Å². The maximum Gasteiger partial charge on any atom is 0.224 e. The number of nitrogens with two attached hydrogens (primary N) is 1. The molecular weight excluding hydrogens is 338 g/mol. The van der Waals surface area contributed by atoms with E-state index in [0.717, 1.165) is 37.8 Å². The Morgan fingerprint density at radius 2 is 2.12 bits per heavy atom. The van der Waals surface area contributed by atoms with E-state index in [4.69, 9.17) is 17.3 Å². The first-order chi connectivity index (χ1) is 12.0. The van der Waals surface area contributed by atoms with Crippen molar-refractivity contribution in [1.82, 2.24) is 10.2 Å². The van der Waals surface area contributed by atoms with Gasteiger partial charge in [-0.15, -0.1) is 0 Å². The normalized spacial score (nSPS) is 21.2. The minimum absolute atomic E-state index is 0.0812. The van der Waals surface area contributed by atoms with E-state index in [2.05, 4.69) is 5.32 Å². The van der Waals surface area contributed by atoms with Gasteiger partial charge in [0.2, 0.25) is 11.8 Å². The summed E-state index contributed by atoms with van der Waals surface area (Å²) in [6.07, 6.45) is 4.87. The molecule has 1 heterocycles. The summed E-state index contributed by atoms with van der Waals surface area (Å²) < 4.78 is 0. The van der Waals surface area contributed by atoms with E-state index < -0.39 is 0 Å². The van der Waals surface area contributed by atoms with Gasteiger partial charge in [-0.05, 0) is 49.8 Å². The third-order valence-electron chi connectivity index (χ3n) is 4.98. The monoisotopic (exact) mass is 363 g/mol. The number of hydrogen-bond donors (Lipinski definition) is 2. The van der Waals surface area contributed by atoms with Gasteiger partial charge in [0.1, 0.15) is 0 Å². The van der Waals surface area contributed by atoms with Crippen LogP contribution in [0.4, 0.5) is 0 Å². The summed E-state index contributed by atoms with van der Waals surface area (Å²) in [5, 5.41) is 3.67. The van der Waals surface area contributed by atoms with Gasteiger partial charge in [0, 0.05) is 42.5 Å². The van der Waals surface area contributed by atoms with Gasteiger partial charge in [0.05, 0.1) is 0 Å². The first-order valence-electron chi connectivity index (χ1n) is 9.10. The summed E-state index contributed by atoms with van der Waals surface area (Å²) >= 11 is 5.99. The van der Waals surface area contributed by atoms with Gasteiger partial charge in [-0.25, -0.2) is 0 Å². The van der Waals surface area contributed by atoms with Crippen LogP contribution in [0, 0.1) is 5.92 Å². The van der Waals surface area contributed by atoms with Gasteiger partial charge in [0.25, 0.3) is 0 Å². The van der Waals surface area contributed by atoms with Gasteiger partial charge in [-0.3, -0.25) is 9.59 Å². The molecular formula is C19H26ClN3O2. The van der Waals surface area contributed by atoms with Gasteiger partial charge in [-0.1, -0.05) is 23.7 Å². The zero-order valence-electron chi connectivity index (χ0n) is 14.4. The molecule has 1 aliphatic heterocycles. The minimum Gasteiger partial charge on any atom is -0.354 e. The SMILES string of the molecule is N[C@@H](CC(=O)N1CCCC1CNC(=O)C1CC1)Cc1cccc(Cl)c1. The number of nitrogens with one attached hydrogen (secondary N) is 1. The van der Waals surface area contributed by atoms with Gasteiger partial charge in [0.15, 0.2) is 0 Å². The molecule has 0 radical (unpaired) electrons. The summed E-state index contributed by atoms with van der Waals surface area (Å²) in [5.41, 5.74) is 7.22. The number of carbonyl (C=O) groups is 2. The third-order valence-corrected chi connectivity index (χ3v) is 5.22. The summed E-state index contributed by atoms with van der Waals surface area (Å²) in [7, 11) is 0. The molecule has 2 amide bonds. The molecule has 0 spiro atoms. The Morgan fingerprint density at radius 1 is 1.32 bits per heavy atom. The number of benzene rings is 1. The second-order valence-electron chi connectivity index (χ2n) is 7.20. The quantitative estimate of drug-likeness (QED) is 0.779. The zero-order valence-corrected chi connectivity index (χ0v) is 15.2. The topological polar surface area (TPSA) is 75.4 Å². The third kappa shape index (κ3) is 5.19. The lowest BCUT2D eigenvalue weighted by Gasteiger charge is -2.26. The lowest BCUT2D eigenvalue weighted by molar-refractivity contribution is -0.133. The van der Waals surface area contributed by atoms with Crippen LogP contribution in [-0.2, 0) is 16.0 Å². The Morgan fingerprint density at radius 3 is 2.84 bits per heavy atom. The Kier molecular flexibility index (Phi) is 5.97. The molecule has 6 heteroatoms. The van der Waals surface area contributed by atoms with Crippen LogP contribution in [-0.4, -0.2) is 41.9 Å². The maximum absolute atomic E-state index is 12.6. The minimum atomic E-state index is -0.228. The number of carbonyl (C=O) groups excluding carboxylic acids is 2. The van der Waals surface area contributed by atoms with Gasteiger partial charge < -0.3 is 16.0 Å². The molecule has 2 aliphatic rings. The molecule has 0 bridgehead atoms. The van der Waals surface area contributed by atoms with E-state index >= 15 is 0 Å². The molecule has 3 rings (SSSR count). The highest BCUT2D eigenvalue weighted by Gasteiger charge is 2.33. The Labute approximate surface area is 153 Å². The molecule has 2 fully saturated rings. The summed E-state index contributed by atoms with van der Waals surface area (Å²) in [6, 6.07) is 7.46. The molecule has 5 nitrogen and oxygen atoms in total. The predicted octanol–water partition coefficient (Wildman–Crippen LogP) is 2.12. The number of amides is 2. The first kappa shape index (κ1) is 18.2. The fraction of sp³-hybridized carbons (Fsp3) is 0.579. The first-order valence-corrected chi connectivity index (χ1v) is 9.48. The van der Waals surface area contributed by atoms with E-state index in [1.54, 1.807) is 0 Å². The summed E-state index contributed by atoms with van der Waals surface area (Å²) in [6.45, 7) is 1.32. The van der Waals surface area contributed by atoms with Gasteiger partial charge in [-0.2, -0.15) is 0 Å². The van der Waals surface area contributed by atoms with Crippen molar-refractivity contribution in [1.29, 1.82) is 0 Å². The lowest BCUT2D eigenvalue weighted by atomic mass is 10.0.